The lowest BCUT2D eigenvalue weighted by Crippen LogP contribution is -2.33. The van der Waals surface area contributed by atoms with E-state index in [1.54, 1.807) is 0 Å². The Morgan fingerprint density at radius 3 is 2.80 bits per heavy atom. The third-order valence-electron chi connectivity index (χ3n) is 3.99. The lowest BCUT2D eigenvalue weighted by atomic mass is 10.1. The van der Waals surface area contributed by atoms with Crippen molar-refractivity contribution >= 4 is 0 Å². The Balaban J connectivity index is 1.62. The highest BCUT2D eigenvalue weighted by Crippen LogP contribution is 2.19. The number of nitrogens with two attached hydrogens (primary N) is 1. The largest absolute Gasteiger partial charge is 0.328 e. The summed E-state index contributed by atoms with van der Waals surface area (Å²) in [4.78, 5) is 2.55. The molecule has 0 spiro atoms. The van der Waals surface area contributed by atoms with Crippen LogP contribution in [0.15, 0.2) is 0 Å². The number of nitrogens with one attached hydrogen (secondary N) is 1. The van der Waals surface area contributed by atoms with Crippen LogP contribution in [0.4, 0.5) is 0 Å². The number of hydrogen-bond donors (Lipinski definition) is 2. The first-order valence-corrected chi connectivity index (χ1v) is 6.49. The zero-order chi connectivity index (χ0) is 10.7. The van der Waals surface area contributed by atoms with Crippen LogP contribution < -0.4 is 11.1 Å². The van der Waals surface area contributed by atoms with Crippen LogP contribution in [0.25, 0.3) is 0 Å². The summed E-state index contributed by atoms with van der Waals surface area (Å²) < 4.78 is 0. The van der Waals surface area contributed by atoms with Gasteiger partial charge in [-0.1, -0.05) is 6.92 Å². The Hall–Kier alpha value is -0.120. The van der Waals surface area contributed by atoms with Crippen molar-refractivity contribution in [1.29, 1.82) is 0 Å². The lowest BCUT2D eigenvalue weighted by Gasteiger charge is -2.17. The first-order valence-electron chi connectivity index (χ1n) is 6.49. The fourth-order valence-corrected chi connectivity index (χ4v) is 2.90. The summed E-state index contributed by atoms with van der Waals surface area (Å²) in [6, 6.07) is 1.16. The van der Waals surface area contributed by atoms with Crippen molar-refractivity contribution in [1.82, 2.24) is 10.2 Å². The summed E-state index contributed by atoms with van der Waals surface area (Å²) >= 11 is 0. The van der Waals surface area contributed by atoms with E-state index in [4.69, 9.17) is 5.73 Å². The van der Waals surface area contributed by atoms with E-state index in [0.29, 0.717) is 12.1 Å². The Bertz CT molecular complexity index is 195. The van der Waals surface area contributed by atoms with Crippen molar-refractivity contribution in [2.24, 2.45) is 11.7 Å². The second kappa shape index (κ2) is 5.28. The molecule has 0 aromatic carbocycles. The lowest BCUT2D eigenvalue weighted by molar-refractivity contribution is 0.334. The normalized spacial score (nSPS) is 37.6. The van der Waals surface area contributed by atoms with Gasteiger partial charge in [-0.3, -0.25) is 0 Å². The Labute approximate surface area is 93.4 Å². The summed E-state index contributed by atoms with van der Waals surface area (Å²) in [6.45, 7) is 7.26. The first-order chi connectivity index (χ1) is 7.28. The zero-order valence-electron chi connectivity index (χ0n) is 9.91. The monoisotopic (exact) mass is 211 g/mol. The quantitative estimate of drug-likeness (QED) is 0.722. The van der Waals surface area contributed by atoms with Gasteiger partial charge in [0.2, 0.25) is 0 Å². The minimum Gasteiger partial charge on any atom is -0.328 e. The molecule has 0 aromatic heterocycles. The molecule has 1 aliphatic carbocycles. The zero-order valence-corrected chi connectivity index (χ0v) is 9.91. The fraction of sp³-hybridized carbons (Fsp3) is 1.00. The molecule has 1 saturated heterocycles. The van der Waals surface area contributed by atoms with Gasteiger partial charge in [-0.15, -0.1) is 0 Å². The molecule has 0 aromatic rings. The molecule has 2 fully saturated rings. The SMILES string of the molecule is CCN1CCC(CNC2CCC(N)C2)C1. The molecule has 3 atom stereocenters. The van der Waals surface area contributed by atoms with Crippen LogP contribution in [-0.2, 0) is 0 Å². The van der Waals surface area contributed by atoms with Crippen LogP contribution in [0.3, 0.4) is 0 Å². The van der Waals surface area contributed by atoms with Gasteiger partial charge in [0.25, 0.3) is 0 Å². The maximum atomic E-state index is 5.90. The van der Waals surface area contributed by atoms with E-state index in [2.05, 4.69) is 17.1 Å². The molecule has 1 aliphatic heterocycles. The standard InChI is InChI=1S/C12H25N3/c1-2-15-6-5-10(9-15)8-14-12-4-3-11(13)7-12/h10-12,14H,2-9,13H2,1H3. The van der Waals surface area contributed by atoms with Gasteiger partial charge in [0.05, 0.1) is 0 Å². The van der Waals surface area contributed by atoms with Gasteiger partial charge in [-0.25, -0.2) is 0 Å². The van der Waals surface area contributed by atoms with Crippen LogP contribution >= 0.6 is 0 Å². The van der Waals surface area contributed by atoms with Crippen molar-refractivity contribution in [2.45, 2.75) is 44.7 Å². The van der Waals surface area contributed by atoms with E-state index in [-0.39, 0.29) is 0 Å². The molecule has 3 N–H and O–H groups in total. The molecule has 1 saturated carbocycles. The van der Waals surface area contributed by atoms with Gasteiger partial charge in [-0.05, 0) is 51.2 Å². The second-order valence-electron chi connectivity index (χ2n) is 5.23. The molecule has 2 rings (SSSR count). The van der Waals surface area contributed by atoms with E-state index < -0.39 is 0 Å². The topological polar surface area (TPSA) is 41.3 Å². The molecule has 1 heterocycles. The highest BCUT2D eigenvalue weighted by molar-refractivity contribution is 4.84. The fourth-order valence-electron chi connectivity index (χ4n) is 2.90. The molecular formula is C12H25N3. The molecule has 88 valence electrons. The van der Waals surface area contributed by atoms with Crippen molar-refractivity contribution in [3.63, 3.8) is 0 Å². The molecule has 3 unspecified atom stereocenters. The van der Waals surface area contributed by atoms with E-state index in [9.17, 15) is 0 Å². The van der Waals surface area contributed by atoms with Crippen molar-refractivity contribution in [3.8, 4) is 0 Å². The molecule has 2 aliphatic rings. The van der Waals surface area contributed by atoms with Gasteiger partial charge in [0.15, 0.2) is 0 Å². The molecule has 0 radical (unpaired) electrons. The van der Waals surface area contributed by atoms with Crippen LogP contribution in [0.2, 0.25) is 0 Å². The third kappa shape index (κ3) is 3.16. The van der Waals surface area contributed by atoms with E-state index in [1.165, 1.54) is 51.9 Å². The van der Waals surface area contributed by atoms with Gasteiger partial charge < -0.3 is 16.0 Å². The van der Waals surface area contributed by atoms with Gasteiger partial charge in [-0.2, -0.15) is 0 Å². The highest BCUT2D eigenvalue weighted by atomic mass is 15.1. The number of hydrogen-bond acceptors (Lipinski definition) is 3. The Morgan fingerprint density at radius 2 is 2.20 bits per heavy atom. The smallest absolute Gasteiger partial charge is 0.00824 e. The number of rotatable bonds is 4. The molecule has 3 nitrogen and oxygen atoms in total. The third-order valence-corrected chi connectivity index (χ3v) is 3.99. The van der Waals surface area contributed by atoms with Gasteiger partial charge in [0.1, 0.15) is 0 Å². The van der Waals surface area contributed by atoms with Gasteiger partial charge in [0, 0.05) is 18.6 Å². The number of likely N-dealkylation sites (tertiary alicyclic amines) is 1. The minimum atomic E-state index is 0.457. The predicted molar refractivity (Wildman–Crippen MR) is 63.8 cm³/mol. The second-order valence-corrected chi connectivity index (χ2v) is 5.23. The van der Waals surface area contributed by atoms with Crippen LogP contribution in [0, 0.1) is 5.92 Å². The summed E-state index contributed by atoms with van der Waals surface area (Å²) in [7, 11) is 0. The van der Waals surface area contributed by atoms with Crippen LogP contribution in [-0.4, -0.2) is 43.2 Å². The van der Waals surface area contributed by atoms with Gasteiger partial charge >= 0.3 is 0 Å². The molecule has 3 heteroatoms. The molecular weight excluding hydrogens is 186 g/mol. The van der Waals surface area contributed by atoms with E-state index >= 15 is 0 Å². The van der Waals surface area contributed by atoms with E-state index in [1.807, 2.05) is 0 Å². The minimum absolute atomic E-state index is 0.457. The Kier molecular flexibility index (Phi) is 4.00. The maximum Gasteiger partial charge on any atom is 0.00824 e. The maximum absolute atomic E-state index is 5.90. The first kappa shape index (κ1) is 11.4. The van der Waals surface area contributed by atoms with E-state index in [0.717, 1.165) is 5.92 Å². The van der Waals surface area contributed by atoms with Crippen molar-refractivity contribution in [2.75, 3.05) is 26.2 Å². The summed E-state index contributed by atoms with van der Waals surface area (Å²) in [5.41, 5.74) is 5.90. The van der Waals surface area contributed by atoms with Crippen molar-refractivity contribution in [3.05, 3.63) is 0 Å². The summed E-state index contributed by atoms with van der Waals surface area (Å²) in [5.74, 6) is 0.877. The highest BCUT2D eigenvalue weighted by Gasteiger charge is 2.24. The van der Waals surface area contributed by atoms with Crippen LogP contribution in [0.1, 0.15) is 32.6 Å². The average Bonchev–Trinajstić information content (AvgIpc) is 2.83. The molecule has 0 amide bonds. The van der Waals surface area contributed by atoms with Crippen molar-refractivity contribution < 1.29 is 0 Å². The molecule has 15 heavy (non-hydrogen) atoms. The predicted octanol–water partition coefficient (Wildman–Crippen LogP) is 0.798. The van der Waals surface area contributed by atoms with Crippen LogP contribution in [0.5, 0.6) is 0 Å². The number of nitrogens with zero attached hydrogens (tertiary/aromatic N) is 1. The summed E-state index contributed by atoms with van der Waals surface area (Å²) in [6.07, 6.45) is 5.05. The average molecular weight is 211 g/mol. The molecule has 0 bridgehead atoms. The Morgan fingerprint density at radius 1 is 1.33 bits per heavy atom. The summed E-state index contributed by atoms with van der Waals surface area (Å²) in [5, 5.41) is 3.69.